The number of ether oxygens (including phenoxy) is 1. The van der Waals surface area contributed by atoms with Gasteiger partial charge in [0.05, 0.1) is 12.1 Å². The van der Waals surface area contributed by atoms with E-state index in [1.807, 2.05) is 29.0 Å². The molecule has 0 N–H and O–H groups in total. The van der Waals surface area contributed by atoms with Crippen LogP contribution < -0.4 is 0 Å². The molecule has 4 nitrogen and oxygen atoms in total. The molecule has 0 atom stereocenters. The molecular weight excluding hydrogens is 374 g/mol. The molecule has 2 aromatic carbocycles. The van der Waals surface area contributed by atoms with E-state index in [0.29, 0.717) is 32.7 Å². The fraction of sp³-hybridized carbons (Fsp3) is 0.261. The van der Waals surface area contributed by atoms with Gasteiger partial charge in [0.15, 0.2) is 0 Å². The minimum atomic E-state index is -0.538. The number of benzene rings is 2. The van der Waals surface area contributed by atoms with Crippen LogP contribution in [0.5, 0.6) is 0 Å². The van der Waals surface area contributed by atoms with Gasteiger partial charge < -0.3 is 14.2 Å². The Kier molecular flexibility index (Phi) is 7.14. The number of carbonyl (C=O) groups excluding carboxylic acids is 1. The van der Waals surface area contributed by atoms with Gasteiger partial charge in [0, 0.05) is 38.7 Å². The van der Waals surface area contributed by atoms with Crippen LogP contribution in [0.1, 0.15) is 28.0 Å². The Morgan fingerprint density at radius 3 is 2.66 bits per heavy atom. The Morgan fingerprint density at radius 1 is 1.07 bits per heavy atom. The molecule has 3 aromatic rings. The van der Waals surface area contributed by atoms with Crippen molar-refractivity contribution in [1.82, 2.24) is 9.47 Å². The number of carbonyl (C=O) groups is 1. The predicted molar refractivity (Wildman–Crippen MR) is 108 cm³/mol. The summed E-state index contributed by atoms with van der Waals surface area (Å²) < 4.78 is 34.7. The first kappa shape index (κ1) is 20.7. The van der Waals surface area contributed by atoms with E-state index >= 15 is 0 Å². The van der Waals surface area contributed by atoms with Gasteiger partial charge in [0.1, 0.15) is 11.6 Å². The highest BCUT2D eigenvalue weighted by Crippen LogP contribution is 2.16. The Balaban J connectivity index is 1.80. The molecule has 29 heavy (non-hydrogen) atoms. The number of halogens is 2. The molecule has 152 valence electrons. The zero-order chi connectivity index (χ0) is 20.6. The maximum Gasteiger partial charge on any atom is 0.257 e. The minimum Gasteiger partial charge on any atom is -0.385 e. The fourth-order valence-corrected chi connectivity index (χ4v) is 3.23. The van der Waals surface area contributed by atoms with Crippen LogP contribution in [0.25, 0.3) is 0 Å². The van der Waals surface area contributed by atoms with Crippen molar-refractivity contribution in [3.05, 3.63) is 95.3 Å². The average molecular weight is 398 g/mol. The SMILES string of the molecule is COCCCN(Cc1cccn1Cc1cccc(F)c1)C(=O)c1ccccc1F. The second-order valence-corrected chi connectivity index (χ2v) is 6.81. The van der Waals surface area contributed by atoms with E-state index in [-0.39, 0.29) is 17.3 Å². The number of hydrogen-bond acceptors (Lipinski definition) is 2. The summed E-state index contributed by atoms with van der Waals surface area (Å²) in [4.78, 5) is 14.6. The molecule has 1 amide bonds. The second-order valence-electron chi connectivity index (χ2n) is 6.81. The van der Waals surface area contributed by atoms with Gasteiger partial charge in [0.2, 0.25) is 0 Å². The van der Waals surface area contributed by atoms with Crippen molar-refractivity contribution in [3.63, 3.8) is 0 Å². The summed E-state index contributed by atoms with van der Waals surface area (Å²) in [5, 5.41) is 0. The largest absolute Gasteiger partial charge is 0.385 e. The highest BCUT2D eigenvalue weighted by molar-refractivity contribution is 5.94. The van der Waals surface area contributed by atoms with Gasteiger partial charge in [-0.05, 0) is 48.4 Å². The molecule has 0 bridgehead atoms. The third-order valence-corrected chi connectivity index (χ3v) is 4.69. The van der Waals surface area contributed by atoms with Crippen molar-refractivity contribution < 1.29 is 18.3 Å². The first-order valence-electron chi connectivity index (χ1n) is 9.49. The van der Waals surface area contributed by atoms with Crippen molar-refractivity contribution in [2.24, 2.45) is 0 Å². The van der Waals surface area contributed by atoms with E-state index in [2.05, 4.69) is 0 Å². The summed E-state index contributed by atoms with van der Waals surface area (Å²) in [7, 11) is 1.60. The van der Waals surface area contributed by atoms with Gasteiger partial charge in [-0.25, -0.2) is 8.78 Å². The quantitative estimate of drug-likeness (QED) is 0.498. The summed E-state index contributed by atoms with van der Waals surface area (Å²) in [5.74, 6) is -1.19. The number of amides is 1. The second kappa shape index (κ2) is 9.98. The van der Waals surface area contributed by atoms with Crippen LogP contribution in [0, 0.1) is 11.6 Å². The van der Waals surface area contributed by atoms with Crippen molar-refractivity contribution in [3.8, 4) is 0 Å². The lowest BCUT2D eigenvalue weighted by atomic mass is 10.1. The molecule has 0 saturated heterocycles. The molecule has 6 heteroatoms. The van der Waals surface area contributed by atoms with Crippen LogP contribution in [0.4, 0.5) is 8.78 Å². The zero-order valence-electron chi connectivity index (χ0n) is 16.4. The van der Waals surface area contributed by atoms with E-state index in [1.165, 1.54) is 24.3 Å². The molecule has 0 radical (unpaired) electrons. The maximum atomic E-state index is 14.2. The fourth-order valence-electron chi connectivity index (χ4n) is 3.23. The molecule has 0 fully saturated rings. The van der Waals surface area contributed by atoms with Crippen molar-refractivity contribution in [2.75, 3.05) is 20.3 Å². The monoisotopic (exact) mass is 398 g/mol. The smallest absolute Gasteiger partial charge is 0.257 e. The Bertz CT molecular complexity index is 955. The van der Waals surface area contributed by atoms with Crippen molar-refractivity contribution in [1.29, 1.82) is 0 Å². The number of hydrogen-bond donors (Lipinski definition) is 0. The van der Waals surface area contributed by atoms with Gasteiger partial charge in [0.25, 0.3) is 5.91 Å². The molecule has 0 aliphatic heterocycles. The number of aromatic nitrogens is 1. The molecular formula is C23H24F2N2O2. The summed E-state index contributed by atoms with van der Waals surface area (Å²) in [6, 6.07) is 16.2. The number of methoxy groups -OCH3 is 1. The first-order valence-corrected chi connectivity index (χ1v) is 9.49. The topological polar surface area (TPSA) is 34.5 Å². The first-order chi connectivity index (χ1) is 14.1. The normalized spacial score (nSPS) is 10.9. The summed E-state index contributed by atoms with van der Waals surface area (Å²) in [6.45, 7) is 1.75. The van der Waals surface area contributed by atoms with Gasteiger partial charge in [-0.2, -0.15) is 0 Å². The lowest BCUT2D eigenvalue weighted by molar-refractivity contribution is 0.0715. The molecule has 0 saturated carbocycles. The van der Waals surface area contributed by atoms with E-state index in [4.69, 9.17) is 4.74 Å². The van der Waals surface area contributed by atoms with Crippen LogP contribution in [-0.2, 0) is 17.8 Å². The molecule has 0 unspecified atom stereocenters. The van der Waals surface area contributed by atoms with Crippen LogP contribution >= 0.6 is 0 Å². The van der Waals surface area contributed by atoms with E-state index in [9.17, 15) is 13.6 Å². The van der Waals surface area contributed by atoms with Crippen LogP contribution in [-0.4, -0.2) is 35.6 Å². The van der Waals surface area contributed by atoms with Crippen LogP contribution in [0.3, 0.4) is 0 Å². The summed E-state index contributed by atoms with van der Waals surface area (Å²) in [5.41, 5.74) is 1.76. The van der Waals surface area contributed by atoms with Crippen LogP contribution in [0.2, 0.25) is 0 Å². The highest BCUT2D eigenvalue weighted by atomic mass is 19.1. The zero-order valence-corrected chi connectivity index (χ0v) is 16.4. The van der Waals surface area contributed by atoms with Crippen molar-refractivity contribution in [2.45, 2.75) is 19.5 Å². The lowest BCUT2D eigenvalue weighted by Gasteiger charge is -2.24. The van der Waals surface area contributed by atoms with Gasteiger partial charge >= 0.3 is 0 Å². The molecule has 3 rings (SSSR count). The van der Waals surface area contributed by atoms with E-state index in [1.54, 1.807) is 30.2 Å². The minimum absolute atomic E-state index is 0.0492. The summed E-state index contributed by atoms with van der Waals surface area (Å²) >= 11 is 0. The molecule has 0 spiro atoms. The van der Waals surface area contributed by atoms with E-state index in [0.717, 1.165) is 11.3 Å². The summed E-state index contributed by atoms with van der Waals surface area (Å²) in [6.07, 6.45) is 2.53. The average Bonchev–Trinajstić information content (AvgIpc) is 3.14. The standard InChI is InChI=1S/C23H24F2N2O2/c1-29-14-6-13-27(23(28)21-10-2-3-11-22(21)25)17-20-9-5-12-26(20)16-18-7-4-8-19(24)15-18/h2-5,7-12,15H,6,13-14,16-17H2,1H3. The highest BCUT2D eigenvalue weighted by Gasteiger charge is 2.20. The third-order valence-electron chi connectivity index (χ3n) is 4.69. The molecule has 1 heterocycles. The Hall–Kier alpha value is -2.99. The molecule has 0 aliphatic rings. The Labute approximate surface area is 169 Å². The Morgan fingerprint density at radius 2 is 1.90 bits per heavy atom. The number of rotatable bonds is 9. The van der Waals surface area contributed by atoms with Gasteiger partial charge in [-0.15, -0.1) is 0 Å². The van der Waals surface area contributed by atoms with E-state index < -0.39 is 5.82 Å². The van der Waals surface area contributed by atoms with Gasteiger partial charge in [-0.1, -0.05) is 24.3 Å². The van der Waals surface area contributed by atoms with Crippen molar-refractivity contribution >= 4 is 5.91 Å². The maximum absolute atomic E-state index is 14.2. The third kappa shape index (κ3) is 5.51. The lowest BCUT2D eigenvalue weighted by Crippen LogP contribution is -2.33. The predicted octanol–water partition coefficient (Wildman–Crippen LogP) is 4.49. The number of nitrogens with zero attached hydrogens (tertiary/aromatic N) is 2. The van der Waals surface area contributed by atoms with Crippen LogP contribution in [0.15, 0.2) is 66.9 Å². The van der Waals surface area contributed by atoms with Gasteiger partial charge in [-0.3, -0.25) is 4.79 Å². The molecule has 1 aromatic heterocycles. The molecule has 0 aliphatic carbocycles.